The molecule has 0 aromatic heterocycles. The molecule has 15 heavy (non-hydrogen) atoms. The van der Waals surface area contributed by atoms with Gasteiger partial charge in [0.1, 0.15) is 5.78 Å². The van der Waals surface area contributed by atoms with Crippen molar-refractivity contribution in [2.45, 2.75) is 46.1 Å². The second-order valence-corrected chi connectivity index (χ2v) is 5.24. The first kappa shape index (κ1) is 12.6. The predicted molar refractivity (Wildman–Crippen MR) is 55.0 cm³/mol. The van der Waals surface area contributed by atoms with Crippen LogP contribution in [0.5, 0.6) is 0 Å². The van der Waals surface area contributed by atoms with Crippen molar-refractivity contribution in [2.75, 3.05) is 6.54 Å². The molecule has 2 unspecified atom stereocenters. The number of nitrogens with one attached hydrogen (secondary N) is 1. The number of carbonyl (C=O) groups is 1. The molecule has 4 heteroatoms. The predicted octanol–water partition coefficient (Wildman–Crippen LogP) is 2.23. The lowest BCUT2D eigenvalue weighted by Gasteiger charge is -2.32. The monoisotopic (exact) mass is 219 g/mol. The van der Waals surface area contributed by atoms with E-state index in [1.165, 1.54) is 0 Å². The molecule has 2 nitrogen and oxygen atoms in total. The fourth-order valence-electron chi connectivity index (χ4n) is 1.93. The normalized spacial score (nSPS) is 28.1. The van der Waals surface area contributed by atoms with Gasteiger partial charge < -0.3 is 5.32 Å². The molecule has 0 aromatic carbocycles. The minimum Gasteiger partial charge on any atom is -0.308 e. The standard InChI is InChI=1S/C11H19F2NO/c1-11(2,3)9(15)7-4-5-8(10(12)13)14-6-7/h7-8,10,14H,4-6H2,1-3H3. The van der Waals surface area contributed by atoms with Crippen LogP contribution in [0.2, 0.25) is 0 Å². The highest BCUT2D eigenvalue weighted by molar-refractivity contribution is 5.86. The number of hydrogen-bond donors (Lipinski definition) is 1. The Bertz CT molecular complexity index is 227. The van der Waals surface area contributed by atoms with Crippen molar-refractivity contribution in [3.05, 3.63) is 0 Å². The Morgan fingerprint density at radius 3 is 2.27 bits per heavy atom. The van der Waals surface area contributed by atoms with Crippen molar-refractivity contribution in [2.24, 2.45) is 11.3 Å². The number of Topliss-reactive ketones (excluding diaryl/α,β-unsaturated/α-hetero) is 1. The first-order valence-electron chi connectivity index (χ1n) is 5.38. The average molecular weight is 219 g/mol. The molecule has 1 saturated heterocycles. The number of rotatable bonds is 2. The summed E-state index contributed by atoms with van der Waals surface area (Å²) in [7, 11) is 0. The van der Waals surface area contributed by atoms with Crippen LogP contribution < -0.4 is 5.32 Å². The van der Waals surface area contributed by atoms with E-state index in [9.17, 15) is 13.6 Å². The highest BCUT2D eigenvalue weighted by atomic mass is 19.3. The molecule has 0 aliphatic carbocycles. The quantitative estimate of drug-likeness (QED) is 0.771. The minimum absolute atomic E-state index is 0.0972. The third-order valence-corrected chi connectivity index (χ3v) is 2.87. The first-order chi connectivity index (χ1) is 6.82. The summed E-state index contributed by atoms with van der Waals surface area (Å²) < 4.78 is 24.7. The van der Waals surface area contributed by atoms with Gasteiger partial charge in [-0.3, -0.25) is 4.79 Å². The summed E-state index contributed by atoms with van der Waals surface area (Å²) in [5.41, 5.74) is -0.371. The second-order valence-electron chi connectivity index (χ2n) is 5.24. The SMILES string of the molecule is CC(C)(C)C(=O)C1CCC(C(F)F)NC1. The molecule has 0 spiro atoms. The maximum atomic E-state index is 12.3. The van der Waals surface area contributed by atoms with Gasteiger partial charge in [0.05, 0.1) is 6.04 Å². The molecule has 1 heterocycles. The van der Waals surface area contributed by atoms with Crippen molar-refractivity contribution in [3.63, 3.8) is 0 Å². The van der Waals surface area contributed by atoms with Crippen LogP contribution >= 0.6 is 0 Å². The smallest absolute Gasteiger partial charge is 0.253 e. The number of ketones is 1. The summed E-state index contributed by atoms with van der Waals surface area (Å²) in [4.78, 5) is 11.9. The van der Waals surface area contributed by atoms with Crippen LogP contribution in [-0.4, -0.2) is 24.8 Å². The molecular weight excluding hydrogens is 200 g/mol. The summed E-state index contributed by atoms with van der Waals surface area (Å²) >= 11 is 0. The van der Waals surface area contributed by atoms with Crippen molar-refractivity contribution in [1.82, 2.24) is 5.32 Å². The van der Waals surface area contributed by atoms with Crippen LogP contribution in [0, 0.1) is 11.3 Å². The Morgan fingerprint density at radius 1 is 1.33 bits per heavy atom. The summed E-state index contributed by atoms with van der Waals surface area (Å²) in [5.74, 6) is 0.0720. The summed E-state index contributed by atoms with van der Waals surface area (Å²) in [6.07, 6.45) is -1.35. The van der Waals surface area contributed by atoms with Crippen LogP contribution in [0.3, 0.4) is 0 Å². The van der Waals surface area contributed by atoms with E-state index in [0.717, 1.165) is 0 Å². The topological polar surface area (TPSA) is 29.1 Å². The number of alkyl halides is 2. The lowest BCUT2D eigenvalue weighted by Crippen LogP contribution is -2.47. The zero-order chi connectivity index (χ0) is 11.6. The summed E-state index contributed by atoms with van der Waals surface area (Å²) in [6, 6.07) is -0.728. The largest absolute Gasteiger partial charge is 0.308 e. The number of hydrogen-bond acceptors (Lipinski definition) is 2. The fraction of sp³-hybridized carbons (Fsp3) is 0.909. The molecule has 0 radical (unpaired) electrons. The lowest BCUT2D eigenvalue weighted by molar-refractivity contribution is -0.131. The van der Waals surface area contributed by atoms with E-state index in [-0.39, 0.29) is 17.1 Å². The summed E-state index contributed by atoms with van der Waals surface area (Å²) in [6.45, 7) is 6.00. The molecule has 1 rings (SSSR count). The molecule has 1 aliphatic rings. The van der Waals surface area contributed by atoms with Crippen LogP contribution in [0.25, 0.3) is 0 Å². The third kappa shape index (κ3) is 3.23. The maximum absolute atomic E-state index is 12.3. The van der Waals surface area contributed by atoms with Crippen molar-refractivity contribution in [3.8, 4) is 0 Å². The van der Waals surface area contributed by atoms with Crippen LogP contribution in [0.1, 0.15) is 33.6 Å². The van der Waals surface area contributed by atoms with Gasteiger partial charge in [0.15, 0.2) is 0 Å². The van der Waals surface area contributed by atoms with Gasteiger partial charge in [-0.25, -0.2) is 8.78 Å². The lowest BCUT2D eigenvalue weighted by atomic mass is 9.79. The molecule has 0 bridgehead atoms. The van der Waals surface area contributed by atoms with Crippen LogP contribution in [0.15, 0.2) is 0 Å². The Morgan fingerprint density at radius 2 is 1.93 bits per heavy atom. The van der Waals surface area contributed by atoms with E-state index in [2.05, 4.69) is 5.32 Å². The Kier molecular flexibility index (Phi) is 3.82. The van der Waals surface area contributed by atoms with Crippen molar-refractivity contribution >= 4 is 5.78 Å². The van der Waals surface area contributed by atoms with Gasteiger partial charge in [0.25, 0.3) is 6.43 Å². The van der Waals surface area contributed by atoms with Crippen molar-refractivity contribution < 1.29 is 13.6 Å². The van der Waals surface area contributed by atoms with E-state index >= 15 is 0 Å². The van der Waals surface area contributed by atoms with E-state index < -0.39 is 12.5 Å². The number of carbonyl (C=O) groups excluding carboxylic acids is 1. The zero-order valence-corrected chi connectivity index (χ0v) is 9.52. The molecule has 88 valence electrons. The maximum Gasteiger partial charge on any atom is 0.253 e. The Balaban J connectivity index is 2.48. The average Bonchev–Trinajstić information content (AvgIpc) is 2.15. The van der Waals surface area contributed by atoms with E-state index in [1.54, 1.807) is 0 Å². The highest BCUT2D eigenvalue weighted by Gasteiger charge is 2.34. The molecule has 0 saturated carbocycles. The highest BCUT2D eigenvalue weighted by Crippen LogP contribution is 2.26. The second kappa shape index (κ2) is 4.56. The van der Waals surface area contributed by atoms with Crippen LogP contribution in [0.4, 0.5) is 8.78 Å². The van der Waals surface area contributed by atoms with Gasteiger partial charge in [-0.2, -0.15) is 0 Å². The van der Waals surface area contributed by atoms with E-state index in [0.29, 0.717) is 19.4 Å². The van der Waals surface area contributed by atoms with E-state index in [4.69, 9.17) is 0 Å². The third-order valence-electron chi connectivity index (χ3n) is 2.87. The molecular formula is C11H19F2NO. The zero-order valence-electron chi connectivity index (χ0n) is 9.52. The molecule has 0 amide bonds. The molecule has 2 atom stereocenters. The Hall–Kier alpha value is -0.510. The van der Waals surface area contributed by atoms with Crippen LogP contribution in [-0.2, 0) is 4.79 Å². The number of piperidine rings is 1. The van der Waals surface area contributed by atoms with Gasteiger partial charge in [-0.05, 0) is 12.8 Å². The molecule has 0 aromatic rings. The fourth-order valence-corrected chi connectivity index (χ4v) is 1.93. The molecule has 1 aliphatic heterocycles. The van der Waals surface area contributed by atoms with Gasteiger partial charge in [0.2, 0.25) is 0 Å². The van der Waals surface area contributed by atoms with Gasteiger partial charge >= 0.3 is 0 Å². The minimum atomic E-state index is -2.32. The van der Waals surface area contributed by atoms with Crippen molar-refractivity contribution in [1.29, 1.82) is 0 Å². The van der Waals surface area contributed by atoms with Gasteiger partial charge in [-0.15, -0.1) is 0 Å². The molecule has 1 fully saturated rings. The molecule has 1 N–H and O–H groups in total. The summed E-state index contributed by atoms with van der Waals surface area (Å²) in [5, 5.41) is 2.75. The van der Waals surface area contributed by atoms with E-state index in [1.807, 2.05) is 20.8 Å². The Labute approximate surface area is 89.4 Å². The first-order valence-corrected chi connectivity index (χ1v) is 5.38. The van der Waals surface area contributed by atoms with Gasteiger partial charge in [0, 0.05) is 17.9 Å². The number of halogens is 2. The van der Waals surface area contributed by atoms with Gasteiger partial charge in [-0.1, -0.05) is 20.8 Å².